The maximum absolute atomic E-state index is 12.3. The highest BCUT2D eigenvalue weighted by Gasteiger charge is 2.19. The Labute approximate surface area is 152 Å². The summed E-state index contributed by atoms with van der Waals surface area (Å²) in [6.07, 6.45) is -0.775. The number of nitrogens with one attached hydrogen (secondary N) is 1. The zero-order chi connectivity index (χ0) is 18.5. The molecule has 0 unspecified atom stereocenters. The van der Waals surface area contributed by atoms with Crippen LogP contribution in [0.3, 0.4) is 0 Å². The molecule has 26 heavy (non-hydrogen) atoms. The Morgan fingerprint density at radius 3 is 2.50 bits per heavy atom. The van der Waals surface area contributed by atoms with Crippen LogP contribution in [0, 0.1) is 6.92 Å². The Kier molecular flexibility index (Phi) is 5.41. The molecule has 1 N–H and O–H groups in total. The molecule has 0 saturated heterocycles. The molecule has 0 aromatic heterocycles. The number of anilines is 1. The van der Waals surface area contributed by atoms with E-state index < -0.39 is 18.0 Å². The van der Waals surface area contributed by atoms with Crippen LogP contribution in [0.15, 0.2) is 42.5 Å². The van der Waals surface area contributed by atoms with E-state index in [0.29, 0.717) is 30.4 Å². The van der Waals surface area contributed by atoms with E-state index in [0.717, 1.165) is 11.1 Å². The molecule has 136 valence electrons. The summed E-state index contributed by atoms with van der Waals surface area (Å²) in [6.45, 7) is 4.50. The molecule has 0 fully saturated rings. The van der Waals surface area contributed by atoms with Gasteiger partial charge in [-0.25, -0.2) is 0 Å². The van der Waals surface area contributed by atoms with Gasteiger partial charge < -0.3 is 19.5 Å². The molecule has 0 radical (unpaired) electrons. The third-order valence-corrected chi connectivity index (χ3v) is 3.96. The smallest absolute Gasteiger partial charge is 0.311 e. The molecule has 2 aromatic rings. The highest BCUT2D eigenvalue weighted by atomic mass is 16.6. The Bertz CT molecular complexity index is 800. The van der Waals surface area contributed by atoms with E-state index in [1.165, 1.54) is 0 Å². The number of ether oxygens (including phenoxy) is 3. The summed E-state index contributed by atoms with van der Waals surface area (Å²) in [5.41, 5.74) is 2.52. The van der Waals surface area contributed by atoms with Crippen molar-refractivity contribution in [2.24, 2.45) is 0 Å². The Balaban J connectivity index is 1.54. The summed E-state index contributed by atoms with van der Waals surface area (Å²) in [5, 5.41) is 2.72. The summed E-state index contributed by atoms with van der Waals surface area (Å²) >= 11 is 0. The van der Waals surface area contributed by atoms with Crippen LogP contribution in [0.4, 0.5) is 5.69 Å². The molecular formula is C20H21NO5. The normalized spacial score (nSPS) is 13.6. The highest BCUT2D eigenvalue weighted by molar-refractivity contribution is 5.95. The molecule has 0 bridgehead atoms. The fourth-order valence-electron chi connectivity index (χ4n) is 2.53. The number of benzene rings is 2. The summed E-state index contributed by atoms with van der Waals surface area (Å²) < 4.78 is 16.1. The van der Waals surface area contributed by atoms with Crippen molar-refractivity contribution in [2.75, 3.05) is 18.5 Å². The summed E-state index contributed by atoms with van der Waals surface area (Å²) in [5.74, 6) is 0.377. The van der Waals surface area contributed by atoms with Crippen molar-refractivity contribution in [3.8, 4) is 11.5 Å². The number of hydrogen-bond acceptors (Lipinski definition) is 5. The Hall–Kier alpha value is -3.02. The third-order valence-electron chi connectivity index (χ3n) is 3.96. The van der Waals surface area contributed by atoms with Gasteiger partial charge in [-0.2, -0.15) is 0 Å². The molecule has 1 amide bonds. The average molecular weight is 355 g/mol. The quantitative estimate of drug-likeness (QED) is 0.835. The van der Waals surface area contributed by atoms with E-state index in [2.05, 4.69) is 5.32 Å². The lowest BCUT2D eigenvalue weighted by Crippen LogP contribution is -2.30. The first-order valence-electron chi connectivity index (χ1n) is 8.47. The number of carbonyl (C=O) groups is 2. The van der Waals surface area contributed by atoms with Gasteiger partial charge in [-0.3, -0.25) is 9.59 Å². The maximum Gasteiger partial charge on any atom is 0.311 e. The zero-order valence-electron chi connectivity index (χ0n) is 14.8. The van der Waals surface area contributed by atoms with E-state index in [9.17, 15) is 9.59 Å². The molecule has 0 spiro atoms. The Morgan fingerprint density at radius 1 is 1.08 bits per heavy atom. The number of carbonyl (C=O) groups excluding carboxylic acids is 2. The van der Waals surface area contributed by atoms with E-state index >= 15 is 0 Å². The lowest BCUT2D eigenvalue weighted by Gasteiger charge is -2.19. The molecule has 1 aliphatic rings. The first kappa shape index (κ1) is 17.8. The molecule has 1 atom stereocenters. The molecule has 0 aliphatic carbocycles. The van der Waals surface area contributed by atoms with E-state index in [-0.39, 0.29) is 6.42 Å². The van der Waals surface area contributed by atoms with Gasteiger partial charge in [0.1, 0.15) is 13.2 Å². The zero-order valence-corrected chi connectivity index (χ0v) is 14.8. The molecule has 0 saturated carbocycles. The minimum atomic E-state index is -0.902. The first-order valence-corrected chi connectivity index (χ1v) is 8.47. The molecular weight excluding hydrogens is 334 g/mol. The second-order valence-electron chi connectivity index (χ2n) is 6.14. The van der Waals surface area contributed by atoms with Crippen molar-refractivity contribution in [3.05, 3.63) is 53.6 Å². The highest BCUT2D eigenvalue weighted by Crippen LogP contribution is 2.32. The van der Waals surface area contributed by atoms with Gasteiger partial charge in [-0.1, -0.05) is 29.8 Å². The molecule has 1 aliphatic heterocycles. The maximum atomic E-state index is 12.3. The largest absolute Gasteiger partial charge is 0.486 e. The second kappa shape index (κ2) is 7.91. The Morgan fingerprint density at radius 2 is 1.77 bits per heavy atom. The molecule has 6 nitrogen and oxygen atoms in total. The molecule has 3 rings (SSSR count). The number of amides is 1. The fourth-order valence-corrected chi connectivity index (χ4v) is 2.53. The van der Waals surface area contributed by atoms with Crippen LogP contribution in [0.1, 0.15) is 18.1 Å². The lowest BCUT2D eigenvalue weighted by atomic mass is 10.1. The fraction of sp³-hybridized carbons (Fsp3) is 0.300. The van der Waals surface area contributed by atoms with Crippen LogP contribution in [0.5, 0.6) is 11.5 Å². The molecule has 6 heteroatoms. The summed E-state index contributed by atoms with van der Waals surface area (Å²) in [4.78, 5) is 24.3. The van der Waals surface area contributed by atoms with Crippen molar-refractivity contribution < 1.29 is 23.8 Å². The number of esters is 1. The van der Waals surface area contributed by atoms with Gasteiger partial charge in [-0.05, 0) is 31.5 Å². The van der Waals surface area contributed by atoms with Gasteiger partial charge in [0, 0.05) is 11.8 Å². The van der Waals surface area contributed by atoms with Crippen LogP contribution in [-0.4, -0.2) is 31.2 Å². The topological polar surface area (TPSA) is 73.9 Å². The van der Waals surface area contributed by atoms with Crippen LogP contribution < -0.4 is 14.8 Å². The van der Waals surface area contributed by atoms with E-state index in [1.54, 1.807) is 25.1 Å². The van der Waals surface area contributed by atoms with Gasteiger partial charge in [0.05, 0.1) is 6.42 Å². The van der Waals surface area contributed by atoms with Gasteiger partial charge >= 0.3 is 5.97 Å². The third kappa shape index (κ3) is 4.53. The van der Waals surface area contributed by atoms with E-state index in [1.807, 2.05) is 31.2 Å². The van der Waals surface area contributed by atoms with Gasteiger partial charge in [-0.15, -0.1) is 0 Å². The predicted octanol–water partition coefficient (Wildman–Crippen LogP) is 2.88. The average Bonchev–Trinajstić information content (AvgIpc) is 2.63. The number of fused-ring (bicyclic) bond motifs is 1. The van der Waals surface area contributed by atoms with Gasteiger partial charge in [0.25, 0.3) is 5.91 Å². The van der Waals surface area contributed by atoms with Crippen molar-refractivity contribution in [2.45, 2.75) is 26.4 Å². The van der Waals surface area contributed by atoms with Crippen LogP contribution in [0.2, 0.25) is 0 Å². The summed E-state index contributed by atoms with van der Waals surface area (Å²) in [6, 6.07) is 12.7. The minimum absolute atomic E-state index is 0.127. The van der Waals surface area contributed by atoms with E-state index in [4.69, 9.17) is 14.2 Å². The number of aryl methyl sites for hydroxylation is 1. The number of hydrogen-bond donors (Lipinski definition) is 1. The van der Waals surface area contributed by atoms with Crippen molar-refractivity contribution in [1.29, 1.82) is 0 Å². The second-order valence-corrected chi connectivity index (χ2v) is 6.14. The predicted molar refractivity (Wildman–Crippen MR) is 96.5 cm³/mol. The van der Waals surface area contributed by atoms with Crippen molar-refractivity contribution >= 4 is 17.6 Å². The first-order chi connectivity index (χ1) is 12.5. The summed E-state index contributed by atoms with van der Waals surface area (Å²) in [7, 11) is 0. The van der Waals surface area contributed by atoms with Crippen molar-refractivity contribution in [3.63, 3.8) is 0 Å². The monoisotopic (exact) mass is 355 g/mol. The van der Waals surface area contributed by atoms with Crippen molar-refractivity contribution in [1.82, 2.24) is 0 Å². The minimum Gasteiger partial charge on any atom is -0.486 e. The number of rotatable bonds is 5. The molecule has 2 aromatic carbocycles. The molecule has 1 heterocycles. The van der Waals surface area contributed by atoms with Crippen LogP contribution in [-0.2, 0) is 20.7 Å². The van der Waals surface area contributed by atoms with Crippen LogP contribution in [0.25, 0.3) is 0 Å². The van der Waals surface area contributed by atoms with Gasteiger partial charge in [0.2, 0.25) is 0 Å². The van der Waals surface area contributed by atoms with Crippen LogP contribution >= 0.6 is 0 Å². The standard InChI is InChI=1S/C20H21NO5/c1-13-3-5-15(6-4-13)11-19(22)26-14(2)20(23)21-16-7-8-17-18(12-16)25-10-9-24-17/h3-8,12,14H,9-11H2,1-2H3,(H,21,23)/t14-/m0/s1. The van der Waals surface area contributed by atoms with Gasteiger partial charge in [0.15, 0.2) is 17.6 Å². The lowest BCUT2D eigenvalue weighted by molar-refractivity contribution is -0.152. The SMILES string of the molecule is Cc1ccc(CC(=O)O[C@@H](C)C(=O)Nc2ccc3c(c2)OCCO3)cc1.